The molecule has 6 nitrogen and oxygen atoms in total. The van der Waals surface area contributed by atoms with Gasteiger partial charge >= 0.3 is 0 Å². The molecule has 0 spiro atoms. The first-order valence-electron chi connectivity index (χ1n) is 2.71. The molecule has 0 bridgehead atoms. The average Bonchev–Trinajstić information content (AvgIpc) is 2.36. The number of hydrogen-bond acceptors (Lipinski definition) is 5. The van der Waals surface area contributed by atoms with Crippen molar-refractivity contribution in [3.63, 3.8) is 0 Å². The lowest BCUT2D eigenvalue weighted by Gasteiger charge is -1.94. The number of aromatic nitrogens is 2. The minimum absolute atomic E-state index is 0.109. The van der Waals surface area contributed by atoms with Gasteiger partial charge in [0, 0.05) is 0 Å². The maximum absolute atomic E-state index is 10.9. The van der Waals surface area contributed by atoms with E-state index in [0.717, 1.165) is 0 Å². The zero-order valence-corrected chi connectivity index (χ0v) is 6.34. The van der Waals surface area contributed by atoms with Gasteiger partial charge in [-0.15, -0.1) is 4.94 Å². The van der Waals surface area contributed by atoms with Gasteiger partial charge in [0.15, 0.2) is 5.69 Å². The van der Waals surface area contributed by atoms with Gasteiger partial charge in [-0.2, -0.15) is 0 Å². The molecule has 0 fully saturated rings. The monoisotopic (exact) mass is 176 g/mol. The molecule has 1 amide bonds. The van der Waals surface area contributed by atoms with Crippen LogP contribution in [-0.4, -0.2) is 16.2 Å². The van der Waals surface area contributed by atoms with Crippen LogP contribution in [0.4, 0.5) is 0 Å². The van der Waals surface area contributed by atoms with Crippen molar-refractivity contribution in [2.45, 2.75) is 6.92 Å². The lowest BCUT2D eigenvalue weighted by Crippen LogP contribution is -2.31. The Balaban J connectivity index is 2.76. The van der Waals surface area contributed by atoms with Crippen molar-refractivity contribution >= 4 is 17.7 Å². The van der Waals surface area contributed by atoms with E-state index >= 15 is 0 Å². The first-order valence-corrected chi connectivity index (χ1v) is 3.08. The molecule has 0 aliphatic rings. The summed E-state index contributed by atoms with van der Waals surface area (Å²) < 4.78 is 4.28. The van der Waals surface area contributed by atoms with Crippen molar-refractivity contribution in [3.05, 3.63) is 11.4 Å². The fourth-order valence-electron chi connectivity index (χ4n) is 0.540. The van der Waals surface area contributed by atoms with Crippen LogP contribution < -0.4 is 10.4 Å². The van der Waals surface area contributed by atoms with Gasteiger partial charge in [0.25, 0.3) is 5.91 Å². The number of nitrogens with one attached hydrogen (secondary N) is 2. The van der Waals surface area contributed by atoms with Gasteiger partial charge in [0.1, 0.15) is 5.69 Å². The number of rotatable bonds is 2. The molecule has 7 heteroatoms. The van der Waals surface area contributed by atoms with Gasteiger partial charge in [-0.3, -0.25) is 10.2 Å². The second-order valence-corrected chi connectivity index (χ2v) is 1.94. The van der Waals surface area contributed by atoms with E-state index in [0.29, 0.717) is 5.69 Å². The highest BCUT2D eigenvalue weighted by atomic mass is 35.5. The van der Waals surface area contributed by atoms with Crippen molar-refractivity contribution in [2.24, 2.45) is 0 Å². The van der Waals surface area contributed by atoms with Crippen LogP contribution in [-0.2, 0) is 0 Å². The Morgan fingerprint density at radius 3 is 2.82 bits per heavy atom. The summed E-state index contributed by atoms with van der Waals surface area (Å²) in [6, 6.07) is 0. The standard InChI is InChI=1S/C4H5ClN4O2/c1-2-3(8-11-7-2)4(10)6-9-5/h9H,1H3,(H,6,10). The van der Waals surface area contributed by atoms with Gasteiger partial charge < -0.3 is 0 Å². The molecule has 1 aromatic rings. The Morgan fingerprint density at radius 2 is 2.36 bits per heavy atom. The quantitative estimate of drug-likeness (QED) is 0.481. The Labute approximate surface area is 66.9 Å². The molecule has 0 radical (unpaired) electrons. The van der Waals surface area contributed by atoms with E-state index in [-0.39, 0.29) is 5.69 Å². The zero-order chi connectivity index (χ0) is 8.27. The highest BCUT2D eigenvalue weighted by Gasteiger charge is 2.13. The first kappa shape index (κ1) is 7.96. The van der Waals surface area contributed by atoms with Crippen molar-refractivity contribution < 1.29 is 9.42 Å². The van der Waals surface area contributed by atoms with Gasteiger partial charge in [0.2, 0.25) is 0 Å². The molecule has 60 valence electrons. The average molecular weight is 177 g/mol. The van der Waals surface area contributed by atoms with E-state index < -0.39 is 5.91 Å². The van der Waals surface area contributed by atoms with Crippen LogP contribution >= 0.6 is 11.8 Å². The molecule has 0 aromatic carbocycles. The summed E-state index contributed by atoms with van der Waals surface area (Å²) in [5.41, 5.74) is 2.62. The van der Waals surface area contributed by atoms with Crippen LogP contribution in [0, 0.1) is 6.92 Å². The molecule has 0 saturated heterocycles. The van der Waals surface area contributed by atoms with Crippen LogP contribution in [0.15, 0.2) is 4.63 Å². The van der Waals surface area contributed by atoms with E-state index in [1.54, 1.807) is 6.92 Å². The normalized spacial score (nSPS) is 9.64. The molecule has 0 aliphatic carbocycles. The molecule has 11 heavy (non-hydrogen) atoms. The summed E-state index contributed by atoms with van der Waals surface area (Å²) in [6.45, 7) is 1.60. The van der Waals surface area contributed by atoms with Gasteiger partial charge in [-0.1, -0.05) is 5.16 Å². The molecule has 1 heterocycles. The van der Waals surface area contributed by atoms with Crippen molar-refractivity contribution in [3.8, 4) is 0 Å². The highest BCUT2D eigenvalue weighted by molar-refractivity contribution is 6.14. The maximum Gasteiger partial charge on any atom is 0.290 e. The predicted octanol–water partition coefficient (Wildman–Crippen LogP) is -0.234. The number of aryl methyl sites for hydroxylation is 1. The number of halogens is 1. The predicted molar refractivity (Wildman–Crippen MR) is 35.5 cm³/mol. The lowest BCUT2D eigenvalue weighted by molar-refractivity contribution is 0.0935. The van der Waals surface area contributed by atoms with Crippen molar-refractivity contribution in [2.75, 3.05) is 0 Å². The highest BCUT2D eigenvalue weighted by Crippen LogP contribution is 1.98. The third kappa shape index (κ3) is 1.66. The third-order valence-electron chi connectivity index (χ3n) is 1.03. The summed E-state index contributed by atoms with van der Waals surface area (Å²) in [5.74, 6) is -0.487. The molecular formula is C4H5ClN4O2. The minimum atomic E-state index is -0.487. The Morgan fingerprint density at radius 1 is 1.64 bits per heavy atom. The minimum Gasteiger partial charge on any atom is -0.272 e. The summed E-state index contributed by atoms with van der Waals surface area (Å²) in [7, 11) is 0. The summed E-state index contributed by atoms with van der Waals surface area (Å²) in [5, 5.41) is 6.74. The van der Waals surface area contributed by atoms with E-state index in [2.05, 4.69) is 20.4 Å². The molecule has 0 saturated carbocycles. The van der Waals surface area contributed by atoms with Gasteiger partial charge in [0.05, 0.1) is 0 Å². The van der Waals surface area contributed by atoms with Gasteiger partial charge in [-0.25, -0.2) is 4.63 Å². The molecule has 0 aliphatic heterocycles. The van der Waals surface area contributed by atoms with Crippen LogP contribution in [0.5, 0.6) is 0 Å². The first-order chi connectivity index (χ1) is 5.25. The molecule has 1 rings (SSSR count). The molecule has 2 N–H and O–H groups in total. The smallest absolute Gasteiger partial charge is 0.272 e. The molecular weight excluding hydrogens is 172 g/mol. The Hall–Kier alpha value is -1.14. The maximum atomic E-state index is 10.9. The number of amides is 1. The molecule has 0 unspecified atom stereocenters. The summed E-state index contributed by atoms with van der Waals surface area (Å²) >= 11 is 5.00. The van der Waals surface area contributed by atoms with E-state index in [1.807, 2.05) is 4.94 Å². The Bertz CT molecular complexity index is 260. The number of carbonyl (C=O) groups excluding carboxylic acids is 1. The Kier molecular flexibility index (Phi) is 2.40. The summed E-state index contributed by atoms with van der Waals surface area (Å²) in [6.07, 6.45) is 0. The van der Waals surface area contributed by atoms with Crippen LogP contribution in [0.1, 0.15) is 16.2 Å². The molecule has 1 aromatic heterocycles. The van der Waals surface area contributed by atoms with Crippen molar-refractivity contribution in [1.29, 1.82) is 0 Å². The zero-order valence-electron chi connectivity index (χ0n) is 5.59. The van der Waals surface area contributed by atoms with Crippen molar-refractivity contribution in [1.82, 2.24) is 20.7 Å². The van der Waals surface area contributed by atoms with Crippen LogP contribution in [0.2, 0.25) is 0 Å². The van der Waals surface area contributed by atoms with Crippen LogP contribution in [0.3, 0.4) is 0 Å². The van der Waals surface area contributed by atoms with Crippen LogP contribution in [0.25, 0.3) is 0 Å². The third-order valence-corrected chi connectivity index (χ3v) is 1.12. The lowest BCUT2D eigenvalue weighted by atomic mass is 10.3. The topological polar surface area (TPSA) is 80.0 Å². The second-order valence-electron chi connectivity index (χ2n) is 1.75. The fourth-order valence-corrected chi connectivity index (χ4v) is 0.625. The van der Waals surface area contributed by atoms with E-state index in [9.17, 15) is 4.79 Å². The number of hydrogen-bond donors (Lipinski definition) is 2. The van der Waals surface area contributed by atoms with E-state index in [4.69, 9.17) is 11.8 Å². The fraction of sp³-hybridized carbons (Fsp3) is 0.250. The number of carbonyl (C=O) groups is 1. The SMILES string of the molecule is Cc1nonc1C(=O)NNCl. The summed E-state index contributed by atoms with van der Waals surface area (Å²) in [4.78, 5) is 12.9. The van der Waals surface area contributed by atoms with E-state index in [1.165, 1.54) is 0 Å². The molecule has 0 atom stereocenters. The van der Waals surface area contributed by atoms with Gasteiger partial charge in [-0.05, 0) is 23.9 Å². The number of nitrogens with zero attached hydrogens (tertiary/aromatic N) is 2. The largest absolute Gasteiger partial charge is 0.290 e. The second kappa shape index (κ2) is 3.31. The number of hydrazine groups is 1.